The molecule has 8 heteroatoms. The maximum atomic E-state index is 6.05. The van der Waals surface area contributed by atoms with E-state index >= 15 is 0 Å². The lowest BCUT2D eigenvalue weighted by Crippen LogP contribution is -3.00. The highest BCUT2D eigenvalue weighted by Gasteiger charge is 2.14. The standard InChI is InChI=1S/C26H28N4OS.2BrH/c1-3-7-25-21(5-1)23-9-13-29(25)15-17-31-18-16-30-14-10-24(22-6-2-4-8-26(22)30)28-12-20-32-19-11-27-23;;/h1-10,13-14H,11-12,15-20H2;2*1H. The largest absolute Gasteiger partial charge is 1.00 e. The molecule has 2 aliphatic rings. The van der Waals surface area contributed by atoms with Crippen molar-refractivity contribution in [2.24, 2.45) is 0 Å². The van der Waals surface area contributed by atoms with Crippen LogP contribution in [0.4, 0.5) is 11.4 Å². The average Bonchev–Trinajstić information content (AvgIpc) is 2.84. The first-order valence-corrected chi connectivity index (χ1v) is 12.5. The van der Waals surface area contributed by atoms with Crippen molar-refractivity contribution in [1.82, 2.24) is 0 Å². The number of rotatable bonds is 0. The summed E-state index contributed by atoms with van der Waals surface area (Å²) in [7, 11) is 0. The summed E-state index contributed by atoms with van der Waals surface area (Å²) in [5, 5.41) is 9.79. The zero-order valence-corrected chi connectivity index (χ0v) is 23.0. The van der Waals surface area contributed by atoms with Crippen molar-refractivity contribution in [2.75, 3.05) is 48.4 Å². The lowest BCUT2D eigenvalue weighted by Gasteiger charge is -2.12. The van der Waals surface area contributed by atoms with Gasteiger partial charge < -0.3 is 49.3 Å². The Hall–Kier alpha value is -1.87. The summed E-state index contributed by atoms with van der Waals surface area (Å²) < 4.78 is 10.6. The highest BCUT2D eigenvalue weighted by atomic mass is 79.9. The molecule has 0 saturated heterocycles. The van der Waals surface area contributed by atoms with Gasteiger partial charge in [0.15, 0.2) is 25.5 Å². The van der Waals surface area contributed by atoms with E-state index in [4.69, 9.17) is 4.74 Å². The molecule has 0 radical (unpaired) electrons. The van der Waals surface area contributed by atoms with E-state index in [1.165, 1.54) is 33.2 Å². The summed E-state index contributed by atoms with van der Waals surface area (Å²) in [6, 6.07) is 21.6. The summed E-state index contributed by atoms with van der Waals surface area (Å²) in [4.78, 5) is 0. The SMILES string of the molecule is [Br-].[Br-].c1ccc2c(c1)c1cc[n+]2CCOCC[n+]2ccc(c3ccccc32)NCCSCCN1. The van der Waals surface area contributed by atoms with E-state index in [-0.39, 0.29) is 34.0 Å². The number of ether oxygens (including phenoxy) is 1. The number of benzene rings is 2. The number of nitrogens with one attached hydrogen (secondary N) is 2. The van der Waals surface area contributed by atoms with Gasteiger partial charge in [-0.25, -0.2) is 0 Å². The molecule has 2 aliphatic heterocycles. The van der Waals surface area contributed by atoms with Crippen LogP contribution in [0.5, 0.6) is 0 Å². The fraction of sp³-hybridized carbons (Fsp3) is 0.308. The van der Waals surface area contributed by atoms with E-state index in [2.05, 4.69) is 92.8 Å². The molecular weight excluding hydrogens is 576 g/mol. The van der Waals surface area contributed by atoms with Crippen LogP contribution in [0.15, 0.2) is 73.1 Å². The third-order valence-electron chi connectivity index (χ3n) is 5.93. The lowest BCUT2D eigenvalue weighted by atomic mass is 10.1. The zero-order valence-electron chi connectivity index (χ0n) is 19.1. The van der Waals surface area contributed by atoms with Crippen molar-refractivity contribution in [3.05, 3.63) is 73.1 Å². The van der Waals surface area contributed by atoms with Gasteiger partial charge in [0.2, 0.25) is 11.0 Å². The van der Waals surface area contributed by atoms with Crippen molar-refractivity contribution >= 4 is 44.9 Å². The van der Waals surface area contributed by atoms with E-state index in [1.807, 2.05) is 11.8 Å². The van der Waals surface area contributed by atoms with Crippen LogP contribution in [0.3, 0.4) is 0 Å². The molecule has 0 spiro atoms. The fourth-order valence-electron chi connectivity index (χ4n) is 4.32. The first-order chi connectivity index (χ1) is 15.9. The molecule has 0 saturated carbocycles. The average molecular weight is 606 g/mol. The van der Waals surface area contributed by atoms with E-state index in [9.17, 15) is 0 Å². The van der Waals surface area contributed by atoms with Crippen molar-refractivity contribution < 1.29 is 47.8 Å². The van der Waals surface area contributed by atoms with Crippen LogP contribution in [0.1, 0.15) is 0 Å². The molecule has 34 heavy (non-hydrogen) atoms. The Bertz CT molecular complexity index is 1130. The van der Waals surface area contributed by atoms with Gasteiger partial charge in [0.1, 0.15) is 13.2 Å². The molecule has 5 nitrogen and oxygen atoms in total. The first kappa shape index (κ1) is 26.7. The van der Waals surface area contributed by atoms with E-state index in [0.717, 1.165) is 37.7 Å². The Kier molecular flexibility index (Phi) is 10.4. The van der Waals surface area contributed by atoms with Crippen LogP contribution in [-0.2, 0) is 17.8 Å². The molecule has 0 amide bonds. The van der Waals surface area contributed by atoms with Crippen LogP contribution in [-0.4, -0.2) is 37.8 Å². The molecule has 0 aliphatic carbocycles. The number of hydrogen-bond donors (Lipinski definition) is 2. The van der Waals surface area contributed by atoms with Crippen LogP contribution in [0, 0.1) is 0 Å². The number of pyridine rings is 2. The van der Waals surface area contributed by atoms with Gasteiger partial charge in [-0.1, -0.05) is 24.3 Å². The van der Waals surface area contributed by atoms with Gasteiger partial charge in [-0.2, -0.15) is 20.9 Å². The predicted octanol–water partition coefficient (Wildman–Crippen LogP) is -2.14. The molecule has 0 fully saturated rings. The highest BCUT2D eigenvalue weighted by molar-refractivity contribution is 7.99. The Morgan fingerprint density at radius 3 is 1.62 bits per heavy atom. The minimum atomic E-state index is 0. The van der Waals surface area contributed by atoms with E-state index in [1.54, 1.807) is 0 Å². The van der Waals surface area contributed by atoms with Crippen molar-refractivity contribution in [1.29, 1.82) is 0 Å². The number of halogens is 2. The van der Waals surface area contributed by atoms with Crippen molar-refractivity contribution in [3.8, 4) is 0 Å². The topological polar surface area (TPSA) is 41.0 Å². The van der Waals surface area contributed by atoms with Crippen LogP contribution in [0.2, 0.25) is 0 Å². The summed E-state index contributed by atoms with van der Waals surface area (Å²) in [5.74, 6) is 2.16. The lowest BCUT2D eigenvalue weighted by molar-refractivity contribution is -0.680. The molecule has 4 bridgehead atoms. The van der Waals surface area contributed by atoms with E-state index in [0.29, 0.717) is 13.2 Å². The van der Waals surface area contributed by atoms with Crippen molar-refractivity contribution in [3.63, 3.8) is 0 Å². The summed E-state index contributed by atoms with van der Waals surface area (Å²) in [6.07, 6.45) is 4.34. The summed E-state index contributed by atoms with van der Waals surface area (Å²) >= 11 is 1.98. The molecule has 0 atom stereocenters. The second-order valence-electron chi connectivity index (χ2n) is 7.96. The van der Waals surface area contributed by atoms with Crippen molar-refractivity contribution in [2.45, 2.75) is 13.1 Å². The number of anilines is 2. The van der Waals surface area contributed by atoms with Gasteiger partial charge in [0, 0.05) is 48.9 Å². The maximum absolute atomic E-state index is 6.05. The van der Waals surface area contributed by atoms with Crippen LogP contribution < -0.4 is 53.7 Å². The molecule has 4 aromatic rings. The van der Waals surface area contributed by atoms with Gasteiger partial charge in [-0.3, -0.25) is 0 Å². The number of nitrogens with zero attached hydrogens (tertiary/aromatic N) is 2. The minimum absolute atomic E-state index is 0. The number of aromatic nitrogens is 2. The predicted molar refractivity (Wildman–Crippen MR) is 133 cm³/mol. The van der Waals surface area contributed by atoms with Gasteiger partial charge in [-0.05, 0) is 12.1 Å². The molecule has 4 heterocycles. The maximum Gasteiger partial charge on any atom is 0.214 e. The Morgan fingerprint density at radius 2 is 1.12 bits per heavy atom. The second kappa shape index (κ2) is 13.3. The molecule has 6 rings (SSSR count). The smallest absolute Gasteiger partial charge is 0.214 e. The van der Waals surface area contributed by atoms with Gasteiger partial charge in [0.25, 0.3) is 0 Å². The van der Waals surface area contributed by atoms with E-state index < -0.39 is 0 Å². The molecule has 180 valence electrons. The zero-order chi connectivity index (χ0) is 21.6. The summed E-state index contributed by atoms with van der Waals surface area (Å²) in [5.41, 5.74) is 4.88. The third-order valence-corrected chi connectivity index (χ3v) is 6.91. The minimum Gasteiger partial charge on any atom is -1.00 e. The summed E-state index contributed by atoms with van der Waals surface area (Å²) in [6.45, 7) is 4.97. The first-order valence-electron chi connectivity index (χ1n) is 11.4. The monoisotopic (exact) mass is 604 g/mol. The Balaban J connectivity index is 0.00000162. The second-order valence-corrected chi connectivity index (χ2v) is 9.18. The Morgan fingerprint density at radius 1 is 0.647 bits per heavy atom. The number of fused-ring (bicyclic) bond motifs is 12. The number of hydrogen-bond acceptors (Lipinski definition) is 4. The number of thioether (sulfide) groups is 1. The third kappa shape index (κ3) is 6.22. The highest BCUT2D eigenvalue weighted by Crippen LogP contribution is 2.21. The molecule has 0 unspecified atom stereocenters. The van der Waals surface area contributed by atoms with Gasteiger partial charge in [-0.15, -0.1) is 0 Å². The molecule has 2 aromatic heterocycles. The van der Waals surface area contributed by atoms with Gasteiger partial charge >= 0.3 is 0 Å². The normalized spacial score (nSPS) is 15.1. The van der Waals surface area contributed by atoms with Crippen LogP contribution >= 0.6 is 11.8 Å². The molecular formula is C26H30Br2N4OS. The Labute approximate surface area is 226 Å². The number of para-hydroxylation sites is 2. The molecule has 2 aromatic carbocycles. The van der Waals surface area contributed by atoms with Gasteiger partial charge in [0.05, 0.1) is 22.1 Å². The quantitative estimate of drug-likeness (QED) is 0.225. The van der Waals surface area contributed by atoms with Crippen LogP contribution in [0.25, 0.3) is 21.8 Å². The molecule has 2 N–H and O–H groups in total. The fourth-order valence-corrected chi connectivity index (χ4v) is 5.01.